The lowest BCUT2D eigenvalue weighted by atomic mass is 9.83. The first kappa shape index (κ1) is 17.3. The lowest BCUT2D eigenvalue weighted by Gasteiger charge is -2.29. The van der Waals surface area contributed by atoms with Gasteiger partial charge in [-0.25, -0.2) is 4.79 Å². The molecule has 21 heavy (non-hydrogen) atoms. The van der Waals surface area contributed by atoms with Crippen LogP contribution in [0.15, 0.2) is 0 Å². The maximum Gasteiger partial charge on any atom is 0.320 e. The van der Waals surface area contributed by atoms with Gasteiger partial charge in [-0.2, -0.15) is 5.26 Å². The lowest BCUT2D eigenvalue weighted by Crippen LogP contribution is -2.45. The Balaban J connectivity index is 2.76. The second kappa shape index (κ2) is 7.30. The Morgan fingerprint density at radius 2 is 2.14 bits per heavy atom. The van der Waals surface area contributed by atoms with Crippen molar-refractivity contribution in [1.29, 1.82) is 5.26 Å². The van der Waals surface area contributed by atoms with Crippen LogP contribution in [0, 0.1) is 22.7 Å². The van der Waals surface area contributed by atoms with E-state index in [9.17, 15) is 14.7 Å². The Morgan fingerprint density at radius 3 is 2.62 bits per heavy atom. The largest absolute Gasteiger partial charge is 0.481 e. The van der Waals surface area contributed by atoms with Crippen molar-refractivity contribution in [3.8, 4) is 6.07 Å². The summed E-state index contributed by atoms with van der Waals surface area (Å²) >= 11 is 0. The van der Waals surface area contributed by atoms with Crippen LogP contribution in [0.3, 0.4) is 0 Å². The van der Waals surface area contributed by atoms with E-state index in [1.807, 2.05) is 13.8 Å². The van der Waals surface area contributed by atoms with Crippen LogP contribution >= 0.6 is 0 Å². The number of amides is 2. The smallest absolute Gasteiger partial charge is 0.320 e. The van der Waals surface area contributed by atoms with Gasteiger partial charge >= 0.3 is 12.0 Å². The highest BCUT2D eigenvalue weighted by atomic mass is 16.4. The van der Waals surface area contributed by atoms with Crippen LogP contribution in [0.5, 0.6) is 0 Å². The first-order valence-corrected chi connectivity index (χ1v) is 7.57. The van der Waals surface area contributed by atoms with Crippen LogP contribution in [0.25, 0.3) is 0 Å². The van der Waals surface area contributed by atoms with Crippen LogP contribution < -0.4 is 0 Å². The molecule has 2 amide bonds. The topological polar surface area (TPSA) is 84.6 Å². The summed E-state index contributed by atoms with van der Waals surface area (Å²) in [6.45, 7) is 7.26. The van der Waals surface area contributed by atoms with Gasteiger partial charge in [-0.15, -0.1) is 0 Å². The van der Waals surface area contributed by atoms with Crippen molar-refractivity contribution in [2.45, 2.75) is 40.0 Å². The van der Waals surface area contributed by atoms with E-state index < -0.39 is 11.4 Å². The fourth-order valence-corrected chi connectivity index (χ4v) is 2.91. The van der Waals surface area contributed by atoms with E-state index in [0.717, 1.165) is 6.42 Å². The number of urea groups is 1. The number of carbonyl (C=O) groups is 2. The van der Waals surface area contributed by atoms with Crippen LogP contribution in [0.4, 0.5) is 4.79 Å². The van der Waals surface area contributed by atoms with Gasteiger partial charge in [-0.3, -0.25) is 4.79 Å². The van der Waals surface area contributed by atoms with Crippen LogP contribution in [0.1, 0.15) is 40.0 Å². The number of nitrogens with zero attached hydrogens (tertiary/aromatic N) is 3. The molecule has 1 N–H and O–H groups in total. The van der Waals surface area contributed by atoms with E-state index >= 15 is 0 Å². The van der Waals surface area contributed by atoms with Gasteiger partial charge < -0.3 is 14.9 Å². The predicted molar refractivity (Wildman–Crippen MR) is 78.6 cm³/mol. The van der Waals surface area contributed by atoms with Crippen molar-refractivity contribution in [3.63, 3.8) is 0 Å². The number of carboxylic acids is 1. The predicted octanol–water partition coefficient (Wildman–Crippen LogP) is 2.16. The first-order valence-electron chi connectivity index (χ1n) is 7.57. The van der Waals surface area contributed by atoms with E-state index in [1.54, 1.807) is 16.7 Å². The van der Waals surface area contributed by atoms with Crippen molar-refractivity contribution in [2.24, 2.45) is 11.3 Å². The zero-order valence-electron chi connectivity index (χ0n) is 13.1. The molecule has 6 heteroatoms. The molecule has 0 aromatic heterocycles. The number of likely N-dealkylation sites (tertiary alicyclic amines) is 1. The Labute approximate surface area is 126 Å². The van der Waals surface area contributed by atoms with Crippen molar-refractivity contribution in [1.82, 2.24) is 9.80 Å². The molecule has 1 rings (SSSR count). The van der Waals surface area contributed by atoms with Crippen LogP contribution in [-0.4, -0.2) is 53.1 Å². The zero-order valence-corrected chi connectivity index (χ0v) is 13.1. The third-order valence-corrected chi connectivity index (χ3v) is 4.17. The Kier molecular flexibility index (Phi) is 6.01. The molecule has 1 aliphatic rings. The third kappa shape index (κ3) is 3.87. The number of hydrogen-bond donors (Lipinski definition) is 1. The second-order valence-corrected chi connectivity index (χ2v) is 5.86. The van der Waals surface area contributed by atoms with Gasteiger partial charge in [-0.1, -0.05) is 13.3 Å². The monoisotopic (exact) mass is 295 g/mol. The molecule has 0 saturated carbocycles. The van der Waals surface area contributed by atoms with E-state index in [1.165, 1.54) is 0 Å². The average molecular weight is 295 g/mol. The molecule has 1 fully saturated rings. The number of carboxylic acid groups (broad SMARTS) is 1. The van der Waals surface area contributed by atoms with Crippen molar-refractivity contribution >= 4 is 12.0 Å². The molecule has 1 heterocycles. The second-order valence-electron chi connectivity index (χ2n) is 5.86. The van der Waals surface area contributed by atoms with Crippen molar-refractivity contribution in [2.75, 3.05) is 26.2 Å². The molecule has 6 nitrogen and oxygen atoms in total. The molecule has 0 radical (unpaired) electrons. The molecule has 2 atom stereocenters. The van der Waals surface area contributed by atoms with E-state index in [-0.39, 0.29) is 18.5 Å². The number of aliphatic carboxylic acids is 1. The molecule has 0 aromatic rings. The third-order valence-electron chi connectivity index (χ3n) is 4.17. The Bertz CT molecular complexity index is 432. The number of hydrogen-bond acceptors (Lipinski definition) is 3. The van der Waals surface area contributed by atoms with Gasteiger partial charge in [0.1, 0.15) is 0 Å². The Hall–Kier alpha value is -1.77. The quantitative estimate of drug-likeness (QED) is 0.813. The minimum Gasteiger partial charge on any atom is -0.481 e. The number of rotatable bonds is 6. The summed E-state index contributed by atoms with van der Waals surface area (Å²) in [5, 5.41) is 18.4. The standard InChI is InChI=1S/C15H25N3O3/c1-4-6-15(13(19)20)7-8-18(11-15)14(21)17(5-2)10-12(3)9-16/h12H,4-8,10-11H2,1-3H3,(H,19,20). The highest BCUT2D eigenvalue weighted by molar-refractivity contribution is 5.79. The number of nitriles is 1. The average Bonchev–Trinajstić information content (AvgIpc) is 2.89. The molecule has 2 unspecified atom stereocenters. The minimum atomic E-state index is -0.812. The summed E-state index contributed by atoms with van der Waals surface area (Å²) < 4.78 is 0. The maximum absolute atomic E-state index is 12.5. The Morgan fingerprint density at radius 1 is 1.48 bits per heavy atom. The highest BCUT2D eigenvalue weighted by Gasteiger charge is 2.46. The molecule has 0 bridgehead atoms. The van der Waals surface area contributed by atoms with Crippen molar-refractivity contribution < 1.29 is 14.7 Å². The van der Waals surface area contributed by atoms with Gasteiger partial charge in [0, 0.05) is 26.2 Å². The summed E-state index contributed by atoms with van der Waals surface area (Å²) in [5.41, 5.74) is -0.801. The van der Waals surface area contributed by atoms with E-state index in [4.69, 9.17) is 5.26 Å². The van der Waals surface area contributed by atoms with Crippen molar-refractivity contribution in [3.05, 3.63) is 0 Å². The van der Waals surface area contributed by atoms with Gasteiger partial charge in [-0.05, 0) is 26.7 Å². The maximum atomic E-state index is 12.5. The molecule has 118 valence electrons. The van der Waals surface area contributed by atoms with Crippen LogP contribution in [0.2, 0.25) is 0 Å². The minimum absolute atomic E-state index is 0.154. The molecular weight excluding hydrogens is 270 g/mol. The van der Waals surface area contributed by atoms with E-state index in [0.29, 0.717) is 32.5 Å². The summed E-state index contributed by atoms with van der Waals surface area (Å²) in [5.74, 6) is -1.04. The molecular formula is C15H25N3O3. The summed E-state index contributed by atoms with van der Waals surface area (Å²) in [6.07, 6.45) is 1.89. The SMILES string of the molecule is CCCC1(C(=O)O)CCN(C(=O)N(CC)CC(C)C#N)C1. The number of carbonyl (C=O) groups excluding carboxylic acids is 1. The molecule has 0 spiro atoms. The lowest BCUT2D eigenvalue weighted by molar-refractivity contribution is -0.148. The van der Waals surface area contributed by atoms with Gasteiger partial charge in [0.2, 0.25) is 0 Å². The first-order chi connectivity index (χ1) is 9.90. The molecule has 0 aromatic carbocycles. The normalized spacial score (nSPS) is 22.7. The van der Waals surface area contributed by atoms with Gasteiger partial charge in [0.15, 0.2) is 0 Å². The molecule has 1 aliphatic heterocycles. The fourth-order valence-electron chi connectivity index (χ4n) is 2.91. The van der Waals surface area contributed by atoms with Crippen LogP contribution in [-0.2, 0) is 4.79 Å². The molecule has 1 saturated heterocycles. The zero-order chi connectivity index (χ0) is 16.0. The summed E-state index contributed by atoms with van der Waals surface area (Å²) in [4.78, 5) is 27.3. The summed E-state index contributed by atoms with van der Waals surface area (Å²) in [6, 6.07) is 1.97. The highest BCUT2D eigenvalue weighted by Crippen LogP contribution is 2.36. The van der Waals surface area contributed by atoms with Gasteiger partial charge in [0.25, 0.3) is 0 Å². The fraction of sp³-hybridized carbons (Fsp3) is 0.800. The molecule has 0 aliphatic carbocycles. The summed E-state index contributed by atoms with van der Waals surface area (Å²) in [7, 11) is 0. The van der Waals surface area contributed by atoms with E-state index in [2.05, 4.69) is 6.07 Å². The van der Waals surface area contributed by atoms with Gasteiger partial charge in [0.05, 0.1) is 17.4 Å².